The number of carbonyl (C=O) groups excluding carboxylic acids is 2. The zero-order chi connectivity index (χ0) is 13.8. The first-order valence-electron chi connectivity index (χ1n) is 6.18. The highest BCUT2D eigenvalue weighted by Crippen LogP contribution is 2.26. The summed E-state index contributed by atoms with van der Waals surface area (Å²) in [7, 11) is 1.62. The average Bonchev–Trinajstić information content (AvgIpc) is 2.68. The first-order chi connectivity index (χ1) is 9.15. The third kappa shape index (κ3) is 2.84. The highest BCUT2D eigenvalue weighted by atomic mass is 16.5. The van der Waals surface area contributed by atoms with Crippen molar-refractivity contribution in [1.82, 2.24) is 4.90 Å². The van der Waals surface area contributed by atoms with Gasteiger partial charge in [0.1, 0.15) is 12.0 Å². The molecule has 1 aliphatic heterocycles. The smallest absolute Gasteiger partial charge is 0.230 e. The Morgan fingerprint density at radius 2 is 2.11 bits per heavy atom. The van der Waals surface area contributed by atoms with Crippen molar-refractivity contribution < 1.29 is 14.3 Å². The van der Waals surface area contributed by atoms with Gasteiger partial charge in [-0.2, -0.15) is 0 Å². The number of likely N-dealkylation sites (tertiary alicyclic amines) is 1. The van der Waals surface area contributed by atoms with Gasteiger partial charge in [-0.05, 0) is 23.3 Å². The molecule has 1 saturated heterocycles. The van der Waals surface area contributed by atoms with Crippen LogP contribution in [0.15, 0.2) is 36.4 Å². The standard InChI is InChI=1S/C15H17NO3/c1-11-9-16(15(18)14(11)7-8-17)10-12-3-5-13(19-2)6-4-12/h3-6,8,14H,1,7,9-10H2,2H3/t14-/m0/s1. The Kier molecular flexibility index (Phi) is 4.00. The molecule has 0 bridgehead atoms. The molecule has 2 rings (SSSR count). The number of hydrogen-bond acceptors (Lipinski definition) is 3. The first-order valence-corrected chi connectivity index (χ1v) is 6.18. The summed E-state index contributed by atoms with van der Waals surface area (Å²) in [4.78, 5) is 24.4. The zero-order valence-electron chi connectivity index (χ0n) is 11.0. The lowest BCUT2D eigenvalue weighted by Crippen LogP contribution is -2.27. The van der Waals surface area contributed by atoms with Gasteiger partial charge < -0.3 is 14.4 Å². The minimum absolute atomic E-state index is 0.00656. The summed E-state index contributed by atoms with van der Waals surface area (Å²) in [5.74, 6) is 0.448. The fourth-order valence-corrected chi connectivity index (χ4v) is 2.28. The van der Waals surface area contributed by atoms with Gasteiger partial charge >= 0.3 is 0 Å². The van der Waals surface area contributed by atoms with Crippen LogP contribution in [0.25, 0.3) is 0 Å². The molecule has 1 amide bonds. The van der Waals surface area contributed by atoms with Crippen LogP contribution in [0, 0.1) is 5.92 Å². The predicted octanol–water partition coefficient (Wildman–Crippen LogP) is 1.80. The van der Waals surface area contributed by atoms with Crippen LogP contribution in [-0.2, 0) is 16.1 Å². The number of carbonyl (C=O) groups is 2. The van der Waals surface area contributed by atoms with Gasteiger partial charge in [0.2, 0.25) is 5.91 Å². The number of benzene rings is 1. The summed E-state index contributed by atoms with van der Waals surface area (Å²) < 4.78 is 5.09. The second-order valence-corrected chi connectivity index (χ2v) is 4.66. The zero-order valence-corrected chi connectivity index (χ0v) is 11.0. The molecule has 100 valence electrons. The lowest BCUT2D eigenvalue weighted by atomic mass is 10.0. The molecule has 4 heteroatoms. The Morgan fingerprint density at radius 1 is 1.42 bits per heavy atom. The van der Waals surface area contributed by atoms with E-state index >= 15 is 0 Å². The monoisotopic (exact) mass is 259 g/mol. The average molecular weight is 259 g/mol. The lowest BCUT2D eigenvalue weighted by Gasteiger charge is -2.16. The summed E-state index contributed by atoms with van der Waals surface area (Å²) >= 11 is 0. The third-order valence-corrected chi connectivity index (χ3v) is 3.36. The molecule has 0 aliphatic carbocycles. The normalized spacial score (nSPS) is 18.8. The lowest BCUT2D eigenvalue weighted by molar-refractivity contribution is -0.132. The molecule has 0 aromatic heterocycles. The van der Waals surface area contributed by atoms with Crippen LogP contribution in [0.2, 0.25) is 0 Å². The fourth-order valence-electron chi connectivity index (χ4n) is 2.28. The molecule has 0 N–H and O–H groups in total. The minimum Gasteiger partial charge on any atom is -0.497 e. The molecule has 1 aromatic rings. The van der Waals surface area contributed by atoms with Crippen molar-refractivity contribution in [2.45, 2.75) is 13.0 Å². The summed E-state index contributed by atoms with van der Waals surface area (Å²) in [6, 6.07) is 7.60. The minimum atomic E-state index is -0.337. The van der Waals surface area contributed by atoms with Crippen molar-refractivity contribution in [1.29, 1.82) is 0 Å². The quantitative estimate of drug-likeness (QED) is 0.598. The Hall–Kier alpha value is -2.10. The van der Waals surface area contributed by atoms with Crippen molar-refractivity contribution >= 4 is 12.2 Å². The van der Waals surface area contributed by atoms with Gasteiger partial charge in [-0.3, -0.25) is 4.79 Å². The van der Waals surface area contributed by atoms with E-state index in [0.717, 1.165) is 23.2 Å². The van der Waals surface area contributed by atoms with E-state index in [9.17, 15) is 9.59 Å². The van der Waals surface area contributed by atoms with E-state index in [4.69, 9.17) is 4.74 Å². The number of methoxy groups -OCH3 is 1. The van der Waals surface area contributed by atoms with Crippen LogP contribution in [0.4, 0.5) is 0 Å². The topological polar surface area (TPSA) is 46.6 Å². The number of rotatable bonds is 5. The Bertz CT molecular complexity index is 493. The Morgan fingerprint density at radius 3 is 2.68 bits per heavy atom. The maximum Gasteiger partial charge on any atom is 0.230 e. The first kappa shape index (κ1) is 13.3. The number of ether oxygens (including phenoxy) is 1. The van der Waals surface area contributed by atoms with E-state index in [-0.39, 0.29) is 18.2 Å². The third-order valence-electron chi connectivity index (χ3n) is 3.36. The van der Waals surface area contributed by atoms with Crippen molar-refractivity contribution in [3.05, 3.63) is 42.0 Å². The van der Waals surface area contributed by atoms with Gasteiger partial charge in [0.25, 0.3) is 0 Å². The molecule has 1 aliphatic rings. The molecular formula is C15H17NO3. The molecular weight excluding hydrogens is 242 g/mol. The van der Waals surface area contributed by atoms with Gasteiger partial charge in [0, 0.05) is 19.5 Å². The highest BCUT2D eigenvalue weighted by Gasteiger charge is 2.34. The largest absolute Gasteiger partial charge is 0.497 e. The molecule has 0 spiro atoms. The second kappa shape index (κ2) is 5.69. The molecule has 19 heavy (non-hydrogen) atoms. The van der Waals surface area contributed by atoms with Crippen LogP contribution in [0.5, 0.6) is 5.75 Å². The Labute approximate surface area is 112 Å². The second-order valence-electron chi connectivity index (χ2n) is 4.66. The van der Waals surface area contributed by atoms with E-state index in [2.05, 4.69) is 6.58 Å². The van der Waals surface area contributed by atoms with Crippen LogP contribution < -0.4 is 4.74 Å². The highest BCUT2D eigenvalue weighted by molar-refractivity contribution is 5.87. The predicted molar refractivity (Wildman–Crippen MR) is 71.7 cm³/mol. The van der Waals surface area contributed by atoms with Gasteiger partial charge in [-0.25, -0.2) is 0 Å². The van der Waals surface area contributed by atoms with Gasteiger partial charge in [-0.1, -0.05) is 18.7 Å². The maximum absolute atomic E-state index is 12.1. The summed E-state index contributed by atoms with van der Waals surface area (Å²) in [5.41, 5.74) is 1.86. The summed E-state index contributed by atoms with van der Waals surface area (Å²) in [6.07, 6.45) is 1.02. The Balaban J connectivity index is 2.05. The molecule has 1 atom stereocenters. The number of amides is 1. The van der Waals surface area contributed by atoms with Crippen LogP contribution in [0.1, 0.15) is 12.0 Å². The summed E-state index contributed by atoms with van der Waals surface area (Å²) in [6.45, 7) is 4.95. The van der Waals surface area contributed by atoms with Crippen molar-refractivity contribution in [3.8, 4) is 5.75 Å². The van der Waals surface area contributed by atoms with E-state index in [0.29, 0.717) is 13.1 Å². The van der Waals surface area contributed by atoms with Crippen LogP contribution >= 0.6 is 0 Å². The maximum atomic E-state index is 12.1. The van der Waals surface area contributed by atoms with E-state index < -0.39 is 0 Å². The molecule has 4 nitrogen and oxygen atoms in total. The van der Waals surface area contributed by atoms with E-state index in [1.807, 2.05) is 24.3 Å². The molecule has 0 saturated carbocycles. The number of hydrogen-bond donors (Lipinski definition) is 0. The van der Waals surface area contributed by atoms with Crippen molar-refractivity contribution in [2.75, 3.05) is 13.7 Å². The SMILES string of the molecule is C=C1CN(Cc2ccc(OC)cc2)C(=O)[C@H]1CC=O. The van der Waals surface area contributed by atoms with Crippen molar-refractivity contribution in [2.24, 2.45) is 5.92 Å². The van der Waals surface area contributed by atoms with E-state index in [1.165, 1.54) is 0 Å². The van der Waals surface area contributed by atoms with Crippen LogP contribution in [0.3, 0.4) is 0 Å². The molecule has 1 fully saturated rings. The molecule has 0 unspecified atom stereocenters. The summed E-state index contributed by atoms with van der Waals surface area (Å²) in [5, 5.41) is 0. The van der Waals surface area contributed by atoms with Gasteiger partial charge in [0.05, 0.1) is 13.0 Å². The van der Waals surface area contributed by atoms with Gasteiger partial charge in [0.15, 0.2) is 0 Å². The van der Waals surface area contributed by atoms with Crippen LogP contribution in [-0.4, -0.2) is 30.7 Å². The van der Waals surface area contributed by atoms with Crippen molar-refractivity contribution in [3.63, 3.8) is 0 Å². The van der Waals surface area contributed by atoms with Gasteiger partial charge in [-0.15, -0.1) is 0 Å². The molecule has 1 heterocycles. The number of nitrogens with zero attached hydrogens (tertiary/aromatic N) is 1. The molecule has 1 aromatic carbocycles. The fraction of sp³-hybridized carbons (Fsp3) is 0.333. The molecule has 0 radical (unpaired) electrons. The number of aldehydes is 1. The van der Waals surface area contributed by atoms with E-state index in [1.54, 1.807) is 12.0 Å².